The minimum Gasteiger partial charge on any atom is -0.398 e. The molecular weight excluding hydrogens is 372 g/mol. The van der Waals surface area contributed by atoms with Crippen LogP contribution in [0.25, 0.3) is 22.0 Å². The van der Waals surface area contributed by atoms with Gasteiger partial charge in [0.25, 0.3) is 0 Å². The van der Waals surface area contributed by atoms with Crippen LogP contribution in [0.4, 0.5) is 11.5 Å². The molecule has 0 saturated heterocycles. The molecule has 0 aliphatic rings. The Kier molecular flexibility index (Phi) is 3.28. The highest BCUT2D eigenvalue weighted by atomic mass is 127. The van der Waals surface area contributed by atoms with Gasteiger partial charge < -0.3 is 11.5 Å². The van der Waals surface area contributed by atoms with E-state index in [4.69, 9.17) is 11.5 Å². The maximum absolute atomic E-state index is 6.10. The maximum atomic E-state index is 6.10. The Labute approximate surface area is 124 Å². The van der Waals surface area contributed by atoms with Crippen LogP contribution >= 0.6 is 28.4 Å². The van der Waals surface area contributed by atoms with E-state index in [1.807, 2.05) is 22.7 Å². The standard InChI is InChI=1S/C12H11IN5P/c13-19-18-11-4-8(3-10(14)9(11)6-17-18)7-1-2-16-12(15)5-7/h1-6,19H,14H2,(H2,15,16). The van der Waals surface area contributed by atoms with Gasteiger partial charge in [-0.1, -0.05) is 0 Å². The number of hydrogen-bond acceptors (Lipinski definition) is 4. The van der Waals surface area contributed by atoms with Crippen LogP contribution in [-0.2, 0) is 0 Å². The van der Waals surface area contributed by atoms with E-state index in [1.54, 1.807) is 12.4 Å². The molecule has 1 atom stereocenters. The summed E-state index contributed by atoms with van der Waals surface area (Å²) >= 11 is 2.30. The number of hydrogen-bond donors (Lipinski definition) is 2. The van der Waals surface area contributed by atoms with Crippen LogP contribution in [0.5, 0.6) is 0 Å². The number of nitrogens with zero attached hydrogens (tertiary/aromatic N) is 3. The van der Waals surface area contributed by atoms with E-state index in [9.17, 15) is 0 Å². The predicted molar refractivity (Wildman–Crippen MR) is 89.5 cm³/mol. The van der Waals surface area contributed by atoms with Crippen molar-refractivity contribution in [1.82, 2.24) is 14.5 Å². The number of fused-ring (bicyclic) bond motifs is 1. The fourth-order valence-electron chi connectivity index (χ4n) is 2.02. The second kappa shape index (κ2) is 4.94. The number of aromatic nitrogens is 3. The van der Waals surface area contributed by atoms with Crippen molar-refractivity contribution < 1.29 is 0 Å². The molecule has 5 nitrogen and oxygen atoms in total. The van der Waals surface area contributed by atoms with Gasteiger partial charge in [-0.15, -0.1) is 0 Å². The zero-order valence-electron chi connectivity index (χ0n) is 9.84. The summed E-state index contributed by atoms with van der Waals surface area (Å²) in [5, 5.41) is 5.31. The zero-order chi connectivity index (χ0) is 13.4. The first-order valence-electron chi connectivity index (χ1n) is 5.55. The van der Waals surface area contributed by atoms with E-state index >= 15 is 0 Å². The normalized spacial score (nSPS) is 11.6. The lowest BCUT2D eigenvalue weighted by Crippen LogP contribution is -1.92. The van der Waals surface area contributed by atoms with E-state index in [2.05, 4.69) is 38.2 Å². The van der Waals surface area contributed by atoms with E-state index in [1.165, 1.54) is 0 Å². The molecule has 2 aromatic heterocycles. The topological polar surface area (TPSA) is 82.8 Å². The first kappa shape index (κ1) is 12.6. The van der Waals surface area contributed by atoms with Crippen molar-refractivity contribution in [3.63, 3.8) is 0 Å². The van der Waals surface area contributed by atoms with Gasteiger partial charge in [0.15, 0.2) is 0 Å². The van der Waals surface area contributed by atoms with E-state index in [0.717, 1.165) is 27.7 Å². The van der Waals surface area contributed by atoms with Gasteiger partial charge >= 0.3 is 0 Å². The second-order valence-electron chi connectivity index (χ2n) is 4.11. The molecular formula is C12H11IN5P. The molecule has 3 rings (SSSR count). The van der Waals surface area contributed by atoms with Gasteiger partial charge in [0.2, 0.25) is 0 Å². The molecule has 7 heteroatoms. The average molecular weight is 383 g/mol. The van der Waals surface area contributed by atoms with Gasteiger partial charge in [-0.3, -0.25) is 0 Å². The van der Waals surface area contributed by atoms with Crippen LogP contribution in [-0.4, -0.2) is 14.5 Å². The highest BCUT2D eigenvalue weighted by Gasteiger charge is 2.09. The molecule has 1 aromatic carbocycles. The van der Waals surface area contributed by atoms with Crippen molar-refractivity contribution in [2.24, 2.45) is 0 Å². The van der Waals surface area contributed by atoms with Crippen molar-refractivity contribution in [2.75, 3.05) is 11.5 Å². The predicted octanol–water partition coefficient (Wildman–Crippen LogP) is 3.05. The number of pyridine rings is 1. The molecule has 0 aliphatic carbocycles. The molecule has 0 aliphatic heterocycles. The van der Waals surface area contributed by atoms with Gasteiger partial charge in [0, 0.05) is 17.3 Å². The smallest absolute Gasteiger partial charge is 0.123 e. The largest absolute Gasteiger partial charge is 0.398 e. The third-order valence-corrected chi connectivity index (χ3v) is 4.80. The number of benzene rings is 1. The SMILES string of the molecule is Nc1cc(-c2cc(N)c3cnn(PI)c3c2)ccn1. The van der Waals surface area contributed by atoms with Gasteiger partial charge in [0.1, 0.15) is 5.82 Å². The summed E-state index contributed by atoms with van der Waals surface area (Å²) in [4.78, 5) is 4.00. The Morgan fingerprint density at radius 1 is 1.16 bits per heavy atom. The first-order valence-corrected chi connectivity index (χ1v) is 9.61. The van der Waals surface area contributed by atoms with Crippen LogP contribution in [0, 0.1) is 0 Å². The quantitative estimate of drug-likeness (QED) is 0.405. The summed E-state index contributed by atoms with van der Waals surface area (Å²) in [5.41, 5.74) is 15.6. The maximum Gasteiger partial charge on any atom is 0.123 e. The monoisotopic (exact) mass is 383 g/mol. The Morgan fingerprint density at radius 2 is 2.00 bits per heavy atom. The minimum absolute atomic E-state index is 0.500. The van der Waals surface area contributed by atoms with E-state index < -0.39 is 0 Å². The average Bonchev–Trinajstić information content (AvgIpc) is 2.82. The van der Waals surface area contributed by atoms with Gasteiger partial charge in [-0.2, -0.15) is 5.10 Å². The molecule has 0 bridgehead atoms. The molecule has 96 valence electrons. The number of rotatable bonds is 2. The van der Waals surface area contributed by atoms with Gasteiger partial charge in [0.05, 0.1) is 18.1 Å². The van der Waals surface area contributed by atoms with Crippen LogP contribution in [0.15, 0.2) is 36.7 Å². The molecule has 4 N–H and O–H groups in total. The van der Waals surface area contributed by atoms with Crippen molar-refractivity contribution in [3.05, 3.63) is 36.7 Å². The van der Waals surface area contributed by atoms with Crippen molar-refractivity contribution in [3.8, 4) is 11.1 Å². The first-order chi connectivity index (χ1) is 9.19. The Morgan fingerprint density at radius 3 is 2.74 bits per heavy atom. The third kappa shape index (κ3) is 2.26. The molecule has 19 heavy (non-hydrogen) atoms. The molecule has 0 saturated carbocycles. The molecule has 0 fully saturated rings. The summed E-state index contributed by atoms with van der Waals surface area (Å²) in [7, 11) is 0. The van der Waals surface area contributed by atoms with Crippen LogP contribution in [0.1, 0.15) is 0 Å². The molecule has 1 unspecified atom stereocenters. The summed E-state index contributed by atoms with van der Waals surface area (Å²) < 4.78 is 1.94. The summed E-state index contributed by atoms with van der Waals surface area (Å²) in [5.74, 6) is 0.500. The molecule has 0 amide bonds. The number of nitrogens with two attached hydrogens (primary N) is 2. The lowest BCUT2D eigenvalue weighted by Gasteiger charge is -2.06. The summed E-state index contributed by atoms with van der Waals surface area (Å²) in [6.07, 6.45) is 4.04. The van der Waals surface area contributed by atoms with Crippen molar-refractivity contribution >= 4 is 50.8 Å². The highest BCUT2D eigenvalue weighted by molar-refractivity contribution is 14.2. The third-order valence-electron chi connectivity index (χ3n) is 2.92. The van der Waals surface area contributed by atoms with Crippen molar-refractivity contribution in [2.45, 2.75) is 0 Å². The fourth-order valence-corrected chi connectivity index (χ4v) is 3.55. The van der Waals surface area contributed by atoms with Gasteiger partial charge in [-0.05, 0) is 57.4 Å². The number of nitrogen functional groups attached to an aromatic ring is 2. The Hall–Kier alpha value is -1.40. The van der Waals surface area contributed by atoms with Crippen molar-refractivity contribution in [1.29, 1.82) is 0 Å². The zero-order valence-corrected chi connectivity index (χ0v) is 13.0. The van der Waals surface area contributed by atoms with E-state index in [0.29, 0.717) is 12.2 Å². The van der Waals surface area contributed by atoms with Crippen LogP contribution in [0.3, 0.4) is 0 Å². The number of halogens is 1. The van der Waals surface area contributed by atoms with Gasteiger partial charge in [-0.25, -0.2) is 9.44 Å². The second-order valence-corrected chi connectivity index (χ2v) is 6.15. The summed E-state index contributed by atoms with van der Waals surface area (Å²) in [6.45, 7) is 0. The molecule has 0 spiro atoms. The number of anilines is 2. The fraction of sp³-hybridized carbons (Fsp3) is 0. The highest BCUT2D eigenvalue weighted by Crippen LogP contribution is 2.34. The Bertz CT molecular complexity index is 755. The lowest BCUT2D eigenvalue weighted by atomic mass is 10.0. The Balaban J connectivity index is 2.25. The van der Waals surface area contributed by atoms with Crippen LogP contribution < -0.4 is 11.5 Å². The van der Waals surface area contributed by atoms with E-state index in [-0.39, 0.29) is 0 Å². The van der Waals surface area contributed by atoms with Crippen LogP contribution in [0.2, 0.25) is 0 Å². The molecule has 2 heterocycles. The molecule has 0 radical (unpaired) electrons. The summed E-state index contributed by atoms with van der Waals surface area (Å²) in [6, 6.07) is 7.79. The lowest BCUT2D eigenvalue weighted by molar-refractivity contribution is 1.04. The minimum atomic E-state index is 0.500. The molecule has 3 aromatic rings.